The highest BCUT2D eigenvalue weighted by molar-refractivity contribution is 8.01. The molecule has 0 spiro atoms. The van der Waals surface area contributed by atoms with Crippen molar-refractivity contribution >= 4 is 50.7 Å². The van der Waals surface area contributed by atoms with Crippen molar-refractivity contribution in [3.63, 3.8) is 0 Å². The van der Waals surface area contributed by atoms with Gasteiger partial charge in [0.1, 0.15) is 0 Å². The molecule has 0 aliphatic carbocycles. The van der Waals surface area contributed by atoms with Crippen LogP contribution < -0.4 is 4.72 Å². The minimum atomic E-state index is -3.48. The smallest absolute Gasteiger partial charge is 0.238 e. The van der Waals surface area contributed by atoms with Crippen LogP contribution in [0.5, 0.6) is 0 Å². The number of ether oxygens (including phenoxy) is 1. The molecule has 2 aromatic rings. The maximum Gasteiger partial charge on any atom is 0.238 e. The molecule has 0 unspecified atom stereocenters. The van der Waals surface area contributed by atoms with Crippen molar-refractivity contribution in [3.8, 4) is 0 Å². The van der Waals surface area contributed by atoms with Gasteiger partial charge in [0.25, 0.3) is 0 Å². The molecule has 0 saturated carbocycles. The molecule has 1 heterocycles. The number of hydrogen-bond donors (Lipinski definition) is 1. The molecule has 1 aromatic heterocycles. The average Bonchev–Trinajstić information content (AvgIpc) is 2.86. The molecule has 0 atom stereocenters. The van der Waals surface area contributed by atoms with Gasteiger partial charge in [-0.05, 0) is 5.56 Å². The van der Waals surface area contributed by atoms with Gasteiger partial charge in [0.05, 0.1) is 12.4 Å². The molecule has 0 bridgehead atoms. The Hall–Kier alpha value is -0.870. The first-order chi connectivity index (χ1) is 10.1. The maximum atomic E-state index is 12.0. The van der Waals surface area contributed by atoms with E-state index in [-0.39, 0.29) is 23.3 Å². The number of nitrogens with zero attached hydrogens (tertiary/aromatic N) is 2. The summed E-state index contributed by atoms with van der Waals surface area (Å²) in [5, 5.41) is 8.05. The summed E-state index contributed by atoms with van der Waals surface area (Å²) in [7, 11) is -1.85. The van der Waals surface area contributed by atoms with Gasteiger partial charge in [-0.1, -0.05) is 53.4 Å². The Bertz CT molecular complexity index is 665. The summed E-state index contributed by atoms with van der Waals surface area (Å²) < 4.78 is 32.2. The summed E-state index contributed by atoms with van der Waals surface area (Å²) in [5.74, 6) is 0.668. The molecule has 1 aromatic carbocycles. The number of sulfonamides is 1. The zero-order chi connectivity index (χ0) is 15.1. The maximum absolute atomic E-state index is 12.0. The number of nitrogens with one attached hydrogen (secondary N) is 1. The third kappa shape index (κ3) is 6.49. The Labute approximate surface area is 144 Å². The molecular formula is C12H16ClN3O3S3. The standard InChI is InChI=1S/C12H15N3O3S3.ClH/c1-18-7-8-19-12-14-13-11(20-12)15-21(16,17)9-10-5-3-2-4-6-10;/h2-6H,7-9H2,1H3,(H,13,15);1H. The number of rotatable bonds is 8. The van der Waals surface area contributed by atoms with Crippen LogP contribution in [-0.2, 0) is 20.5 Å². The lowest BCUT2D eigenvalue weighted by Gasteiger charge is -2.04. The van der Waals surface area contributed by atoms with Crippen molar-refractivity contribution < 1.29 is 13.2 Å². The largest absolute Gasteiger partial charge is 0.384 e. The van der Waals surface area contributed by atoms with Gasteiger partial charge >= 0.3 is 0 Å². The summed E-state index contributed by atoms with van der Waals surface area (Å²) >= 11 is 2.70. The molecule has 0 saturated heterocycles. The number of benzene rings is 1. The molecule has 10 heteroatoms. The Morgan fingerprint density at radius 2 is 2.00 bits per heavy atom. The molecule has 0 fully saturated rings. The first kappa shape index (κ1) is 19.2. The quantitative estimate of drug-likeness (QED) is 0.559. The van der Waals surface area contributed by atoms with Crippen LogP contribution in [0.3, 0.4) is 0 Å². The van der Waals surface area contributed by atoms with E-state index in [9.17, 15) is 8.42 Å². The van der Waals surface area contributed by atoms with E-state index in [1.165, 1.54) is 23.1 Å². The van der Waals surface area contributed by atoms with Crippen molar-refractivity contribution in [2.75, 3.05) is 24.2 Å². The SMILES string of the molecule is COCCSc1nnc(NS(=O)(=O)Cc2ccccc2)s1.Cl. The number of aromatic nitrogens is 2. The fourth-order valence-corrected chi connectivity index (χ4v) is 4.62. The molecule has 0 aliphatic heterocycles. The van der Waals surface area contributed by atoms with Gasteiger partial charge in [-0.3, -0.25) is 4.72 Å². The lowest BCUT2D eigenvalue weighted by Crippen LogP contribution is -2.14. The molecule has 0 aliphatic rings. The van der Waals surface area contributed by atoms with Crippen LogP contribution in [0.15, 0.2) is 34.7 Å². The fourth-order valence-electron chi connectivity index (χ4n) is 1.48. The van der Waals surface area contributed by atoms with Crippen molar-refractivity contribution in [2.45, 2.75) is 10.1 Å². The molecular weight excluding hydrogens is 366 g/mol. The number of anilines is 1. The lowest BCUT2D eigenvalue weighted by molar-refractivity contribution is 0.218. The predicted octanol–water partition coefficient (Wildman–Crippen LogP) is 2.64. The molecule has 0 radical (unpaired) electrons. The normalized spacial score (nSPS) is 11.0. The first-order valence-corrected chi connectivity index (χ1v) is 9.54. The van der Waals surface area contributed by atoms with Crippen LogP contribution in [0.2, 0.25) is 0 Å². The molecule has 0 amide bonds. The highest BCUT2D eigenvalue weighted by atomic mass is 35.5. The minimum absolute atomic E-state index is 0. The van der Waals surface area contributed by atoms with Crippen LogP contribution >= 0.6 is 35.5 Å². The molecule has 122 valence electrons. The van der Waals surface area contributed by atoms with Crippen LogP contribution in [0, 0.1) is 0 Å². The highest BCUT2D eigenvalue weighted by Gasteiger charge is 2.14. The highest BCUT2D eigenvalue weighted by Crippen LogP contribution is 2.26. The zero-order valence-corrected chi connectivity index (χ0v) is 15.0. The summed E-state index contributed by atoms with van der Waals surface area (Å²) in [6.07, 6.45) is 0. The van der Waals surface area contributed by atoms with Gasteiger partial charge in [-0.25, -0.2) is 8.42 Å². The number of thioether (sulfide) groups is 1. The molecule has 1 N–H and O–H groups in total. The Morgan fingerprint density at radius 1 is 1.27 bits per heavy atom. The second-order valence-corrected chi connectivity index (χ2v) is 8.10. The second kappa shape index (κ2) is 9.31. The van der Waals surface area contributed by atoms with E-state index in [0.29, 0.717) is 10.9 Å². The topological polar surface area (TPSA) is 81.2 Å². The van der Waals surface area contributed by atoms with Gasteiger partial charge in [-0.15, -0.1) is 22.6 Å². The molecule has 2 rings (SSSR count). The number of methoxy groups -OCH3 is 1. The van der Waals surface area contributed by atoms with Gasteiger partial charge in [0.2, 0.25) is 15.2 Å². The molecule has 6 nitrogen and oxygen atoms in total. The van der Waals surface area contributed by atoms with Gasteiger partial charge in [-0.2, -0.15) is 0 Å². The van der Waals surface area contributed by atoms with Crippen molar-refractivity contribution in [2.24, 2.45) is 0 Å². The van der Waals surface area contributed by atoms with E-state index >= 15 is 0 Å². The van der Waals surface area contributed by atoms with E-state index < -0.39 is 10.0 Å². The number of hydrogen-bond acceptors (Lipinski definition) is 7. The van der Waals surface area contributed by atoms with Crippen molar-refractivity contribution in [3.05, 3.63) is 35.9 Å². The zero-order valence-electron chi connectivity index (χ0n) is 11.8. The summed E-state index contributed by atoms with van der Waals surface area (Å²) in [6.45, 7) is 0.610. The summed E-state index contributed by atoms with van der Waals surface area (Å²) in [6, 6.07) is 9.00. The lowest BCUT2D eigenvalue weighted by atomic mass is 10.2. The van der Waals surface area contributed by atoms with Gasteiger partial charge < -0.3 is 4.74 Å². The van der Waals surface area contributed by atoms with E-state index in [4.69, 9.17) is 4.74 Å². The Balaban J connectivity index is 0.00000242. The van der Waals surface area contributed by atoms with E-state index in [2.05, 4.69) is 14.9 Å². The van der Waals surface area contributed by atoms with Gasteiger partial charge in [0, 0.05) is 12.9 Å². The van der Waals surface area contributed by atoms with Crippen LogP contribution in [0.25, 0.3) is 0 Å². The van der Waals surface area contributed by atoms with E-state index in [1.807, 2.05) is 6.07 Å². The van der Waals surface area contributed by atoms with Crippen LogP contribution in [0.4, 0.5) is 5.13 Å². The first-order valence-electron chi connectivity index (χ1n) is 6.09. The number of halogens is 1. The van der Waals surface area contributed by atoms with Gasteiger partial charge in [0.15, 0.2) is 4.34 Å². The predicted molar refractivity (Wildman–Crippen MR) is 92.4 cm³/mol. The van der Waals surface area contributed by atoms with Crippen molar-refractivity contribution in [1.82, 2.24) is 10.2 Å². The van der Waals surface area contributed by atoms with Crippen LogP contribution in [0.1, 0.15) is 5.56 Å². The average molecular weight is 382 g/mol. The molecule has 22 heavy (non-hydrogen) atoms. The Morgan fingerprint density at radius 3 is 2.68 bits per heavy atom. The second-order valence-electron chi connectivity index (χ2n) is 4.06. The van der Waals surface area contributed by atoms with Crippen molar-refractivity contribution in [1.29, 1.82) is 0 Å². The minimum Gasteiger partial charge on any atom is -0.384 e. The third-order valence-electron chi connectivity index (χ3n) is 2.36. The Kier molecular flexibility index (Phi) is 8.12. The third-order valence-corrected chi connectivity index (χ3v) is 5.64. The van der Waals surface area contributed by atoms with Crippen LogP contribution in [-0.4, -0.2) is 38.1 Å². The monoisotopic (exact) mass is 381 g/mol. The summed E-state index contributed by atoms with van der Waals surface area (Å²) in [5.41, 5.74) is 0.726. The van der Waals surface area contributed by atoms with E-state index in [0.717, 1.165) is 11.3 Å². The summed E-state index contributed by atoms with van der Waals surface area (Å²) in [4.78, 5) is 0. The fraction of sp³-hybridized carbons (Fsp3) is 0.333. The van der Waals surface area contributed by atoms with E-state index in [1.54, 1.807) is 31.4 Å².